The number of thiazole rings is 2. The molecule has 1 aliphatic carbocycles. The SMILES string of the molecule is c1ccc(C2(c3ccccc3)c3cc(-c4cccc(-c5cc(-c6nc7ccccc7s6)cc(-c6nc7ccccc7s6)c5)c4)ccc3-c3c2ccc2ccccc32)cc1. The molecule has 0 atom stereocenters. The Bertz CT molecular complexity index is 3200. The van der Waals surface area contributed by atoms with Gasteiger partial charge in [-0.25, -0.2) is 9.97 Å². The van der Waals surface area contributed by atoms with Gasteiger partial charge in [0, 0.05) is 11.1 Å². The van der Waals surface area contributed by atoms with Gasteiger partial charge < -0.3 is 0 Å². The van der Waals surface area contributed by atoms with Crippen molar-refractivity contribution in [2.75, 3.05) is 0 Å². The van der Waals surface area contributed by atoms with E-state index in [-0.39, 0.29) is 0 Å². The quantitative estimate of drug-likeness (QED) is 0.168. The summed E-state index contributed by atoms with van der Waals surface area (Å²) in [6, 6.07) is 75.5. The summed E-state index contributed by atoms with van der Waals surface area (Å²) in [6.07, 6.45) is 0. The highest BCUT2D eigenvalue weighted by molar-refractivity contribution is 7.22. The molecule has 0 aliphatic heterocycles. The van der Waals surface area contributed by atoms with Gasteiger partial charge >= 0.3 is 0 Å². The Morgan fingerprint density at radius 1 is 0.356 bits per heavy atom. The van der Waals surface area contributed by atoms with Gasteiger partial charge in [-0.2, -0.15) is 0 Å². The summed E-state index contributed by atoms with van der Waals surface area (Å²) in [5, 5.41) is 4.56. The third-order valence-electron chi connectivity index (χ3n) is 12.0. The number of hydrogen-bond donors (Lipinski definition) is 0. The largest absolute Gasteiger partial charge is 0.236 e. The summed E-state index contributed by atoms with van der Waals surface area (Å²) < 4.78 is 2.37. The van der Waals surface area contributed by atoms with Crippen LogP contribution in [-0.2, 0) is 5.41 Å². The Morgan fingerprint density at radius 2 is 0.881 bits per heavy atom. The van der Waals surface area contributed by atoms with Crippen LogP contribution in [0.1, 0.15) is 22.3 Å². The van der Waals surface area contributed by atoms with Crippen LogP contribution < -0.4 is 0 Å². The molecule has 0 saturated heterocycles. The molecule has 0 radical (unpaired) electrons. The van der Waals surface area contributed by atoms with Crippen LogP contribution in [0.25, 0.3) is 85.7 Å². The van der Waals surface area contributed by atoms with Gasteiger partial charge in [0.05, 0.1) is 25.8 Å². The summed E-state index contributed by atoms with van der Waals surface area (Å²) in [5.41, 5.74) is 16.2. The van der Waals surface area contributed by atoms with E-state index in [0.29, 0.717) is 0 Å². The molecule has 276 valence electrons. The third-order valence-corrected chi connectivity index (χ3v) is 14.2. The van der Waals surface area contributed by atoms with Crippen molar-refractivity contribution >= 4 is 53.9 Å². The van der Waals surface area contributed by atoms with Gasteiger partial charge in [0.1, 0.15) is 10.0 Å². The lowest BCUT2D eigenvalue weighted by Gasteiger charge is -2.34. The van der Waals surface area contributed by atoms with Crippen molar-refractivity contribution < 1.29 is 0 Å². The second-order valence-corrected chi connectivity index (χ2v) is 17.4. The van der Waals surface area contributed by atoms with Gasteiger partial charge in [-0.05, 0) is 121 Å². The minimum atomic E-state index is -0.497. The highest BCUT2D eigenvalue weighted by atomic mass is 32.1. The lowest BCUT2D eigenvalue weighted by molar-refractivity contribution is 0.769. The Hall–Kier alpha value is -6.98. The highest BCUT2D eigenvalue weighted by Gasteiger charge is 2.46. The molecular weight excluding hydrogens is 753 g/mol. The van der Waals surface area contributed by atoms with Crippen LogP contribution in [-0.4, -0.2) is 9.97 Å². The molecule has 12 rings (SSSR count). The number of fused-ring (bicyclic) bond motifs is 7. The van der Waals surface area contributed by atoms with Crippen LogP contribution in [0.3, 0.4) is 0 Å². The molecule has 0 fully saturated rings. The van der Waals surface area contributed by atoms with Crippen molar-refractivity contribution in [3.05, 3.63) is 229 Å². The molecule has 4 heteroatoms. The average molecular weight is 787 g/mol. The zero-order chi connectivity index (χ0) is 38.9. The fourth-order valence-electron chi connectivity index (χ4n) is 9.35. The Morgan fingerprint density at radius 3 is 1.53 bits per heavy atom. The van der Waals surface area contributed by atoms with Crippen LogP contribution in [0, 0.1) is 0 Å². The first kappa shape index (κ1) is 34.1. The van der Waals surface area contributed by atoms with E-state index in [9.17, 15) is 0 Å². The summed E-state index contributed by atoms with van der Waals surface area (Å²) >= 11 is 3.48. The first-order chi connectivity index (χ1) is 29.2. The first-order valence-electron chi connectivity index (χ1n) is 20.0. The van der Waals surface area contributed by atoms with E-state index in [2.05, 4.69) is 206 Å². The molecule has 9 aromatic carbocycles. The normalized spacial score (nSPS) is 12.9. The highest BCUT2D eigenvalue weighted by Crippen LogP contribution is 2.58. The monoisotopic (exact) mass is 786 g/mol. The second kappa shape index (κ2) is 13.6. The maximum Gasteiger partial charge on any atom is 0.124 e. The van der Waals surface area contributed by atoms with E-state index < -0.39 is 5.41 Å². The lowest BCUT2D eigenvalue weighted by Crippen LogP contribution is -2.28. The van der Waals surface area contributed by atoms with Crippen molar-refractivity contribution in [1.82, 2.24) is 9.97 Å². The van der Waals surface area contributed by atoms with Crippen molar-refractivity contribution in [1.29, 1.82) is 0 Å². The van der Waals surface area contributed by atoms with E-state index in [1.165, 1.54) is 64.7 Å². The van der Waals surface area contributed by atoms with Crippen LogP contribution in [0.15, 0.2) is 206 Å². The predicted molar refractivity (Wildman–Crippen MR) is 249 cm³/mol. The van der Waals surface area contributed by atoms with Gasteiger partial charge in [-0.3, -0.25) is 0 Å². The number of aromatic nitrogens is 2. The average Bonchev–Trinajstić information content (AvgIpc) is 4.03. The number of rotatable bonds is 6. The van der Waals surface area contributed by atoms with E-state index >= 15 is 0 Å². The molecule has 59 heavy (non-hydrogen) atoms. The number of hydrogen-bond acceptors (Lipinski definition) is 4. The minimum absolute atomic E-state index is 0.497. The molecule has 2 nitrogen and oxygen atoms in total. The third kappa shape index (κ3) is 5.45. The van der Waals surface area contributed by atoms with Gasteiger partial charge in [-0.15, -0.1) is 22.7 Å². The molecule has 0 amide bonds. The Balaban J connectivity index is 1.05. The molecule has 2 aromatic heterocycles. The van der Waals surface area contributed by atoms with E-state index in [0.717, 1.165) is 43.3 Å². The maximum atomic E-state index is 5.09. The Kier molecular flexibility index (Phi) is 7.84. The van der Waals surface area contributed by atoms with Crippen molar-refractivity contribution in [3.63, 3.8) is 0 Å². The molecule has 0 bridgehead atoms. The van der Waals surface area contributed by atoms with Crippen LogP contribution in [0.5, 0.6) is 0 Å². The molecule has 0 spiro atoms. The predicted octanol–water partition coefficient (Wildman–Crippen LogP) is 15.1. The smallest absolute Gasteiger partial charge is 0.124 e. The van der Waals surface area contributed by atoms with Crippen molar-refractivity contribution in [2.45, 2.75) is 5.41 Å². The Labute approximate surface area is 350 Å². The van der Waals surface area contributed by atoms with E-state index in [1.54, 1.807) is 22.7 Å². The molecule has 2 heterocycles. The van der Waals surface area contributed by atoms with Crippen molar-refractivity contribution in [3.8, 4) is 54.5 Å². The number of nitrogens with zero attached hydrogens (tertiary/aromatic N) is 2. The fourth-order valence-corrected chi connectivity index (χ4v) is 11.3. The summed E-state index contributed by atoms with van der Waals surface area (Å²) in [5.74, 6) is 0. The second-order valence-electron chi connectivity index (χ2n) is 15.3. The standard InChI is InChI=1S/C55H34N2S2/c1-3-17-42(18-4-1)55(43-19-5-2-6-20-43)46-29-27-35-14-7-8-21-44(35)52(46)45-28-26-38(34-47(45)55)36-15-13-16-37(30-36)39-31-40(53-56-48-22-9-11-24-50(48)58-53)33-41(32-39)54-57-49-23-10-12-25-51(49)59-54/h1-34H. The minimum Gasteiger partial charge on any atom is -0.236 e. The maximum absolute atomic E-state index is 5.09. The molecule has 0 unspecified atom stereocenters. The molecule has 0 N–H and O–H groups in total. The summed E-state index contributed by atoms with van der Waals surface area (Å²) in [4.78, 5) is 10.2. The van der Waals surface area contributed by atoms with Gasteiger partial charge in [0.2, 0.25) is 0 Å². The number of para-hydroxylation sites is 2. The zero-order valence-electron chi connectivity index (χ0n) is 31.8. The lowest BCUT2D eigenvalue weighted by atomic mass is 9.67. The van der Waals surface area contributed by atoms with Crippen LogP contribution >= 0.6 is 22.7 Å². The van der Waals surface area contributed by atoms with Gasteiger partial charge in [0.15, 0.2) is 0 Å². The molecule has 0 saturated carbocycles. The van der Waals surface area contributed by atoms with Crippen LogP contribution in [0.4, 0.5) is 0 Å². The topological polar surface area (TPSA) is 25.8 Å². The zero-order valence-corrected chi connectivity index (χ0v) is 33.5. The van der Waals surface area contributed by atoms with Gasteiger partial charge in [-0.1, -0.05) is 152 Å². The van der Waals surface area contributed by atoms with E-state index in [4.69, 9.17) is 9.97 Å². The molecule has 11 aromatic rings. The number of benzene rings is 9. The fraction of sp³-hybridized carbons (Fsp3) is 0.0182. The molecular formula is C55H34N2S2. The van der Waals surface area contributed by atoms with Gasteiger partial charge in [0.25, 0.3) is 0 Å². The van der Waals surface area contributed by atoms with Crippen LogP contribution in [0.2, 0.25) is 0 Å². The summed E-state index contributed by atoms with van der Waals surface area (Å²) in [6.45, 7) is 0. The first-order valence-corrected chi connectivity index (χ1v) is 21.6. The van der Waals surface area contributed by atoms with Crippen molar-refractivity contribution in [2.24, 2.45) is 0 Å². The summed E-state index contributed by atoms with van der Waals surface area (Å²) in [7, 11) is 0. The molecule has 1 aliphatic rings. The van der Waals surface area contributed by atoms with E-state index in [1.807, 2.05) is 0 Å².